The predicted octanol–water partition coefficient (Wildman–Crippen LogP) is 2.92. The monoisotopic (exact) mass is 410 g/mol. The number of carbonyl (C=O) groups excluding carboxylic acids is 1. The number of aliphatic imine (C=N–C) groups is 1. The molecule has 0 unspecified atom stereocenters. The van der Waals surface area contributed by atoms with E-state index >= 15 is 0 Å². The zero-order chi connectivity index (χ0) is 23.7. The van der Waals surface area contributed by atoms with Gasteiger partial charge in [0.1, 0.15) is 24.0 Å². The number of halogens is 3. The third-order valence-corrected chi connectivity index (χ3v) is 4.82. The second kappa shape index (κ2) is 7.69. The molecule has 154 valence electrons. The summed E-state index contributed by atoms with van der Waals surface area (Å²) in [4.78, 5) is 24.0. The summed E-state index contributed by atoms with van der Waals surface area (Å²) in [5.74, 6) is -2.19. The van der Waals surface area contributed by atoms with Crippen molar-refractivity contribution in [3.63, 3.8) is 0 Å². The van der Waals surface area contributed by atoms with E-state index < -0.39 is 42.5 Å². The molecule has 2 atom stereocenters. The highest BCUT2D eigenvalue weighted by Gasteiger charge is 2.44. The fourth-order valence-corrected chi connectivity index (χ4v) is 3.02. The average Bonchev–Trinajstić information content (AvgIpc) is 2.72. The highest BCUT2D eigenvalue weighted by molar-refractivity contribution is 6.02. The number of nitrogens with zero attached hydrogens (tertiary/aromatic N) is 3. The fourth-order valence-electron chi connectivity index (χ4n) is 3.02. The van der Waals surface area contributed by atoms with Crippen molar-refractivity contribution >= 4 is 17.4 Å². The van der Waals surface area contributed by atoms with Crippen molar-refractivity contribution < 1.29 is 26.8 Å². The van der Waals surface area contributed by atoms with E-state index in [0.29, 0.717) is 0 Å². The molecule has 1 aromatic carbocycles. The molecule has 29 heavy (non-hydrogen) atoms. The first-order chi connectivity index (χ1) is 14.8. The van der Waals surface area contributed by atoms with Gasteiger partial charge >= 0.3 is 0 Å². The van der Waals surface area contributed by atoms with Crippen LogP contribution < -0.4 is 15.8 Å². The third-order valence-electron chi connectivity index (χ3n) is 4.82. The lowest BCUT2D eigenvalue weighted by Gasteiger charge is -2.36. The van der Waals surface area contributed by atoms with Gasteiger partial charge in [0.15, 0.2) is 5.67 Å². The number of amides is 1. The summed E-state index contributed by atoms with van der Waals surface area (Å²) in [6.07, 6.45) is 1.72. The number of nitrogens with two attached hydrogens (primary N) is 1. The van der Waals surface area contributed by atoms with E-state index in [-0.39, 0.29) is 35.7 Å². The minimum absolute atomic E-state index is 0.00112. The molecule has 2 aromatic rings. The first-order valence-corrected chi connectivity index (χ1v) is 8.58. The van der Waals surface area contributed by atoms with Crippen molar-refractivity contribution in [2.75, 3.05) is 19.0 Å². The molecular formula is C19H20F3N5O2. The Morgan fingerprint density at radius 3 is 2.79 bits per heavy atom. The van der Waals surface area contributed by atoms with Crippen LogP contribution in [0.3, 0.4) is 0 Å². The molecule has 0 spiro atoms. The first-order valence-electron chi connectivity index (χ1n) is 10.1. The second-order valence-corrected chi connectivity index (χ2v) is 6.86. The summed E-state index contributed by atoms with van der Waals surface area (Å²) in [5.41, 5.74) is 2.07. The average molecular weight is 410 g/mol. The van der Waals surface area contributed by atoms with Crippen molar-refractivity contribution in [1.82, 2.24) is 9.97 Å². The molecular weight excluding hydrogens is 387 g/mol. The Labute approximate surface area is 169 Å². The highest BCUT2D eigenvalue weighted by Crippen LogP contribution is 2.41. The van der Waals surface area contributed by atoms with Crippen LogP contribution in [0.5, 0.6) is 5.88 Å². The second-order valence-electron chi connectivity index (χ2n) is 6.86. The Hall–Kier alpha value is -3.17. The number of hydrogen-bond acceptors (Lipinski definition) is 6. The van der Waals surface area contributed by atoms with E-state index in [9.17, 15) is 18.0 Å². The summed E-state index contributed by atoms with van der Waals surface area (Å²) in [6.45, 7) is 0.213. The van der Waals surface area contributed by atoms with Gasteiger partial charge in [0.2, 0.25) is 5.88 Å². The van der Waals surface area contributed by atoms with E-state index in [1.165, 1.54) is 19.1 Å². The number of carbonyl (C=O) groups is 1. The van der Waals surface area contributed by atoms with Gasteiger partial charge < -0.3 is 15.8 Å². The van der Waals surface area contributed by atoms with E-state index in [1.807, 2.05) is 0 Å². The van der Waals surface area contributed by atoms with Crippen molar-refractivity contribution in [2.24, 2.45) is 10.7 Å². The molecule has 10 heteroatoms. The minimum atomic E-state index is -2.71. The number of ether oxygens (including phenoxy) is 1. The third kappa shape index (κ3) is 4.01. The maximum Gasteiger partial charge on any atom is 0.275 e. The van der Waals surface area contributed by atoms with Crippen LogP contribution in [-0.2, 0) is 5.54 Å². The number of rotatable bonds is 5. The van der Waals surface area contributed by atoms with Gasteiger partial charge in [-0.25, -0.2) is 23.1 Å². The van der Waals surface area contributed by atoms with Crippen LogP contribution in [-0.4, -0.2) is 41.1 Å². The van der Waals surface area contributed by atoms with E-state index in [4.69, 9.17) is 9.85 Å². The van der Waals surface area contributed by atoms with Crippen LogP contribution >= 0.6 is 0 Å². The molecule has 0 fully saturated rings. The number of amidine groups is 1. The van der Waals surface area contributed by atoms with E-state index in [1.54, 1.807) is 0 Å². The number of aromatic nitrogens is 2. The zero-order valence-electron chi connectivity index (χ0n) is 18.4. The molecule has 3 N–H and O–H groups in total. The van der Waals surface area contributed by atoms with Crippen LogP contribution in [0.15, 0.2) is 35.6 Å². The molecule has 1 aromatic heterocycles. The molecule has 0 saturated heterocycles. The summed E-state index contributed by atoms with van der Waals surface area (Å²) in [6, 6.07) is 3.73. The molecule has 0 aliphatic carbocycles. The fraction of sp³-hybridized carbons (Fsp3) is 0.368. The van der Waals surface area contributed by atoms with Crippen molar-refractivity contribution in [3.8, 4) is 5.88 Å². The number of hydrogen-bond donors (Lipinski definition) is 2. The summed E-state index contributed by atoms with van der Waals surface area (Å²) in [7, 11) is -2.71. The van der Waals surface area contributed by atoms with Crippen molar-refractivity contribution in [3.05, 3.63) is 47.7 Å². The Bertz CT molecular complexity index is 1050. The molecule has 1 aliphatic rings. The summed E-state index contributed by atoms with van der Waals surface area (Å²) in [5, 5.41) is 2.51. The first kappa shape index (κ1) is 16.8. The van der Waals surface area contributed by atoms with Gasteiger partial charge in [0, 0.05) is 11.3 Å². The van der Waals surface area contributed by atoms with Gasteiger partial charge in [0.25, 0.3) is 5.91 Å². The smallest absolute Gasteiger partial charge is 0.275 e. The molecule has 1 aliphatic heterocycles. The van der Waals surface area contributed by atoms with Crippen LogP contribution in [0, 0.1) is 5.82 Å². The number of benzene rings is 1. The largest absolute Gasteiger partial charge is 0.480 e. The van der Waals surface area contributed by atoms with Crippen LogP contribution in [0.1, 0.15) is 39.9 Å². The normalized spacial score (nSPS) is 25.9. The van der Waals surface area contributed by atoms with Gasteiger partial charge in [-0.3, -0.25) is 9.79 Å². The zero-order valence-corrected chi connectivity index (χ0v) is 15.4. The van der Waals surface area contributed by atoms with Gasteiger partial charge in [-0.05, 0) is 38.0 Å². The van der Waals surface area contributed by atoms with Gasteiger partial charge in [-0.2, -0.15) is 0 Å². The lowest BCUT2D eigenvalue weighted by atomic mass is 9.80. The molecule has 2 heterocycles. The van der Waals surface area contributed by atoms with Gasteiger partial charge in [-0.1, -0.05) is 0 Å². The Morgan fingerprint density at radius 1 is 1.38 bits per heavy atom. The summed E-state index contributed by atoms with van der Waals surface area (Å²) < 4.78 is 67.6. The SMILES string of the molecule is [2H]C([2H])([2H])Oc1cnc(C(=O)Nc2ccc(F)c([C@]3(C)CC[C@@](F)(CF)C(N)=N3)c2)cn1. The molecule has 0 saturated carbocycles. The van der Waals surface area contributed by atoms with Crippen molar-refractivity contribution in [2.45, 2.75) is 31.0 Å². The summed E-state index contributed by atoms with van der Waals surface area (Å²) >= 11 is 0. The lowest BCUT2D eigenvalue weighted by molar-refractivity contribution is 0.102. The topological polar surface area (TPSA) is 102 Å². The van der Waals surface area contributed by atoms with E-state index in [2.05, 4.69) is 25.0 Å². The predicted molar refractivity (Wildman–Crippen MR) is 101 cm³/mol. The number of methoxy groups -OCH3 is 1. The standard InChI is InChI=1S/C19H20F3N5O2/c1-18(5-6-19(22,10-20)17(23)27-18)12-7-11(3-4-13(12)21)26-16(28)14-8-25-15(29-2)9-24-14/h3-4,7-9H,5-6,10H2,1-2H3,(H2,23,27)(H,26,28)/t18-,19+/m0/s1/i2D3. The quantitative estimate of drug-likeness (QED) is 0.789. The maximum absolute atomic E-state index is 14.6. The van der Waals surface area contributed by atoms with Crippen LogP contribution in [0.25, 0.3) is 0 Å². The number of anilines is 1. The molecule has 1 amide bonds. The van der Waals surface area contributed by atoms with Crippen LogP contribution in [0.2, 0.25) is 0 Å². The molecule has 7 nitrogen and oxygen atoms in total. The molecule has 0 bridgehead atoms. The lowest BCUT2D eigenvalue weighted by Crippen LogP contribution is -2.48. The van der Waals surface area contributed by atoms with Gasteiger partial charge in [0.05, 0.1) is 29.1 Å². The van der Waals surface area contributed by atoms with Gasteiger partial charge in [-0.15, -0.1) is 0 Å². The molecule has 0 radical (unpaired) electrons. The van der Waals surface area contributed by atoms with Crippen LogP contribution in [0.4, 0.5) is 18.9 Å². The van der Waals surface area contributed by atoms with E-state index in [0.717, 1.165) is 18.5 Å². The molecule has 3 rings (SSSR count). The Balaban J connectivity index is 1.81. The highest BCUT2D eigenvalue weighted by atomic mass is 19.2. The number of nitrogens with one attached hydrogen (secondary N) is 1. The number of alkyl halides is 2. The maximum atomic E-state index is 14.6. The minimum Gasteiger partial charge on any atom is -0.480 e. The Morgan fingerprint density at radius 2 is 2.17 bits per heavy atom. The van der Waals surface area contributed by atoms with Crippen molar-refractivity contribution in [1.29, 1.82) is 0 Å². The Kier molecular flexibility index (Phi) is 4.44.